The van der Waals surface area contributed by atoms with Gasteiger partial charge in [-0.15, -0.1) is 31.4 Å². The quantitative estimate of drug-likeness (QED) is 0.513. The molecule has 0 radical (unpaired) electrons. The van der Waals surface area contributed by atoms with E-state index in [0.717, 1.165) is 37.3 Å². The van der Waals surface area contributed by atoms with Crippen molar-refractivity contribution >= 4 is 24.8 Å². The summed E-state index contributed by atoms with van der Waals surface area (Å²) in [5.41, 5.74) is 1.71. The summed E-state index contributed by atoms with van der Waals surface area (Å²) in [6.45, 7) is 9.14. The second-order valence-electron chi connectivity index (χ2n) is 6.00. The van der Waals surface area contributed by atoms with Gasteiger partial charge in [0.2, 0.25) is 0 Å². The van der Waals surface area contributed by atoms with Crippen molar-refractivity contribution < 1.29 is 22.3 Å². The molecule has 2 rings (SSSR count). The maximum Gasteiger partial charge on any atom is 0.461 e. The fourth-order valence-corrected chi connectivity index (χ4v) is 2.77. The predicted octanol–water partition coefficient (Wildman–Crippen LogP) is 4.68. The molecule has 1 saturated heterocycles. The molecule has 1 aromatic carbocycles. The average Bonchev–Trinajstić information content (AvgIpc) is 2.53. The van der Waals surface area contributed by atoms with E-state index in [2.05, 4.69) is 21.5 Å². The Kier molecular flexibility index (Phi) is 10.5. The first-order valence-electron chi connectivity index (χ1n) is 7.83. The minimum atomic E-state index is -4.50. The van der Waals surface area contributed by atoms with Crippen molar-refractivity contribution in [3.8, 4) is 5.75 Å². The van der Waals surface area contributed by atoms with Crippen LogP contribution in [0.25, 0.3) is 0 Å². The first-order valence-corrected chi connectivity index (χ1v) is 7.83. The van der Waals surface area contributed by atoms with E-state index in [-0.39, 0.29) is 36.6 Å². The number of nitrogens with one attached hydrogen (secondary N) is 1. The highest BCUT2D eigenvalue weighted by Crippen LogP contribution is 2.32. The molecule has 1 atom stereocenters. The van der Waals surface area contributed by atoms with E-state index in [1.165, 1.54) is 12.1 Å². The molecule has 1 heterocycles. The van der Waals surface area contributed by atoms with E-state index in [1.54, 1.807) is 12.1 Å². The molecule has 0 amide bonds. The van der Waals surface area contributed by atoms with Crippen molar-refractivity contribution in [1.29, 1.82) is 0 Å². The minimum absolute atomic E-state index is 0. The van der Waals surface area contributed by atoms with Gasteiger partial charge in [-0.2, -0.15) is 17.6 Å². The van der Waals surface area contributed by atoms with Crippen LogP contribution in [0.1, 0.15) is 24.9 Å². The molecule has 9 heteroatoms. The molecule has 0 aliphatic carbocycles. The lowest BCUT2D eigenvalue weighted by Gasteiger charge is -2.35. The number of hydrogen-bond acceptors (Lipinski definition) is 3. The first-order chi connectivity index (χ1) is 11.3. The number of alkyl halides is 4. The number of hydrogen-bond donors (Lipinski definition) is 1. The van der Waals surface area contributed by atoms with Gasteiger partial charge in [0.1, 0.15) is 5.75 Å². The molecule has 1 aliphatic rings. The maximum atomic E-state index is 13.1. The van der Waals surface area contributed by atoms with Gasteiger partial charge in [0.05, 0.1) is 0 Å². The standard InChI is InChI=1S/C17H22F4N2O.2ClH/c1-12(2)10-15(23-8-6-22-7-9-23)13-4-3-5-14(11-13)24-17(20,21)16(18)19;;/h3-5,11,15-16,22H,1,6-10H2,2H3;2*1H/t15-;;/m1../s1. The van der Waals surface area contributed by atoms with Gasteiger partial charge in [-0.1, -0.05) is 17.7 Å². The molecule has 0 unspecified atom stereocenters. The van der Waals surface area contributed by atoms with Gasteiger partial charge in [0, 0.05) is 32.2 Å². The third-order valence-corrected chi connectivity index (χ3v) is 3.89. The monoisotopic (exact) mass is 418 g/mol. The highest BCUT2D eigenvalue weighted by Gasteiger charge is 2.44. The Morgan fingerprint density at radius 3 is 2.42 bits per heavy atom. The normalized spacial score (nSPS) is 16.4. The number of piperazine rings is 1. The van der Waals surface area contributed by atoms with Crippen LogP contribution in [-0.2, 0) is 0 Å². The van der Waals surface area contributed by atoms with Gasteiger partial charge in [0.25, 0.3) is 0 Å². The molecule has 1 aliphatic heterocycles. The lowest BCUT2D eigenvalue weighted by Crippen LogP contribution is -2.45. The average molecular weight is 419 g/mol. The molecule has 3 nitrogen and oxygen atoms in total. The van der Waals surface area contributed by atoms with Crippen molar-refractivity contribution in [2.24, 2.45) is 0 Å². The van der Waals surface area contributed by atoms with Crippen molar-refractivity contribution in [1.82, 2.24) is 10.2 Å². The van der Waals surface area contributed by atoms with Gasteiger partial charge < -0.3 is 10.1 Å². The largest absolute Gasteiger partial charge is 0.461 e. The van der Waals surface area contributed by atoms with Crippen LogP contribution in [0, 0.1) is 0 Å². The number of ether oxygens (including phenoxy) is 1. The Hall–Kier alpha value is -1.02. The van der Waals surface area contributed by atoms with Crippen LogP contribution in [0.15, 0.2) is 36.4 Å². The number of benzene rings is 1. The van der Waals surface area contributed by atoms with Crippen molar-refractivity contribution in [3.05, 3.63) is 42.0 Å². The molecule has 150 valence electrons. The second kappa shape index (κ2) is 11.0. The Labute approximate surface area is 163 Å². The summed E-state index contributed by atoms with van der Waals surface area (Å²) >= 11 is 0. The Balaban J connectivity index is 0.00000312. The van der Waals surface area contributed by atoms with Crippen LogP contribution in [0.4, 0.5) is 17.6 Å². The minimum Gasteiger partial charge on any atom is -0.428 e. The lowest BCUT2D eigenvalue weighted by atomic mass is 9.98. The molecule has 1 aromatic rings. The number of halogens is 6. The van der Waals surface area contributed by atoms with Crippen LogP contribution in [0.2, 0.25) is 0 Å². The second-order valence-corrected chi connectivity index (χ2v) is 6.00. The van der Waals surface area contributed by atoms with E-state index in [9.17, 15) is 17.6 Å². The van der Waals surface area contributed by atoms with E-state index in [0.29, 0.717) is 6.42 Å². The molecule has 0 saturated carbocycles. The predicted molar refractivity (Wildman–Crippen MR) is 99.1 cm³/mol. The van der Waals surface area contributed by atoms with Crippen molar-refractivity contribution in [2.45, 2.75) is 31.9 Å². The molecule has 0 aromatic heterocycles. The molecular weight excluding hydrogens is 395 g/mol. The Bertz CT molecular complexity index is 569. The van der Waals surface area contributed by atoms with Gasteiger partial charge in [0.15, 0.2) is 0 Å². The first kappa shape index (κ1) is 25.0. The van der Waals surface area contributed by atoms with Crippen LogP contribution in [0.5, 0.6) is 5.75 Å². The van der Waals surface area contributed by atoms with Gasteiger partial charge >= 0.3 is 12.5 Å². The van der Waals surface area contributed by atoms with E-state index in [1.807, 2.05) is 6.92 Å². The third-order valence-electron chi connectivity index (χ3n) is 3.89. The Morgan fingerprint density at radius 1 is 1.27 bits per heavy atom. The van der Waals surface area contributed by atoms with E-state index < -0.39 is 12.5 Å². The van der Waals surface area contributed by atoms with Crippen molar-refractivity contribution in [3.63, 3.8) is 0 Å². The Morgan fingerprint density at radius 2 is 1.88 bits per heavy atom. The topological polar surface area (TPSA) is 24.5 Å². The van der Waals surface area contributed by atoms with Crippen LogP contribution in [0.3, 0.4) is 0 Å². The van der Waals surface area contributed by atoms with Crippen molar-refractivity contribution in [2.75, 3.05) is 26.2 Å². The molecule has 0 bridgehead atoms. The third kappa shape index (κ3) is 6.95. The lowest BCUT2D eigenvalue weighted by molar-refractivity contribution is -0.253. The van der Waals surface area contributed by atoms with E-state index >= 15 is 0 Å². The molecule has 0 spiro atoms. The summed E-state index contributed by atoms with van der Waals surface area (Å²) in [4.78, 5) is 2.23. The zero-order chi connectivity index (χ0) is 17.7. The summed E-state index contributed by atoms with van der Waals surface area (Å²) in [6.07, 6.45) is -7.72. The summed E-state index contributed by atoms with van der Waals surface area (Å²) in [5.74, 6) is -0.264. The molecule has 1 fully saturated rings. The summed E-state index contributed by atoms with van der Waals surface area (Å²) in [7, 11) is 0. The highest BCUT2D eigenvalue weighted by atomic mass is 35.5. The van der Waals surface area contributed by atoms with E-state index in [4.69, 9.17) is 0 Å². The fraction of sp³-hybridized carbons (Fsp3) is 0.529. The summed E-state index contributed by atoms with van der Waals surface area (Å²) < 4.78 is 55.1. The maximum absolute atomic E-state index is 13.1. The smallest absolute Gasteiger partial charge is 0.428 e. The summed E-state index contributed by atoms with van der Waals surface area (Å²) in [5, 5.41) is 3.26. The highest BCUT2D eigenvalue weighted by molar-refractivity contribution is 5.85. The van der Waals surface area contributed by atoms with Gasteiger partial charge in [-0.05, 0) is 31.0 Å². The number of nitrogens with zero attached hydrogens (tertiary/aromatic N) is 1. The fourth-order valence-electron chi connectivity index (χ4n) is 2.77. The zero-order valence-corrected chi connectivity index (χ0v) is 16.0. The van der Waals surface area contributed by atoms with Crippen LogP contribution >= 0.6 is 24.8 Å². The SMILES string of the molecule is C=C(C)C[C@H](c1cccc(OC(F)(F)C(F)F)c1)N1CCNCC1.Cl.Cl. The molecular formula is C17H24Cl2F4N2O. The van der Waals surface area contributed by atoms with Gasteiger partial charge in [-0.25, -0.2) is 0 Å². The molecule has 1 N–H and O–H groups in total. The summed E-state index contributed by atoms with van der Waals surface area (Å²) in [6, 6.07) is 5.96. The zero-order valence-electron chi connectivity index (χ0n) is 14.4. The van der Waals surface area contributed by atoms with Crippen LogP contribution in [-0.4, -0.2) is 43.6 Å². The van der Waals surface area contributed by atoms with Crippen LogP contribution < -0.4 is 10.1 Å². The molecule has 26 heavy (non-hydrogen) atoms. The van der Waals surface area contributed by atoms with Gasteiger partial charge in [-0.3, -0.25) is 4.90 Å². The number of rotatable bonds is 7.